The lowest BCUT2D eigenvalue weighted by molar-refractivity contribution is 0.0535. The van der Waals surface area contributed by atoms with Crippen molar-refractivity contribution in [2.24, 2.45) is 5.92 Å². The van der Waals surface area contributed by atoms with Gasteiger partial charge >= 0.3 is 6.09 Å². The van der Waals surface area contributed by atoms with Gasteiger partial charge in [-0.2, -0.15) is 0 Å². The number of rotatable bonds is 3. The van der Waals surface area contributed by atoms with Crippen molar-refractivity contribution in [2.75, 3.05) is 32.8 Å². The Morgan fingerprint density at radius 1 is 1.09 bits per heavy atom. The topological polar surface area (TPSA) is 49.9 Å². The molecule has 0 bridgehead atoms. The van der Waals surface area contributed by atoms with E-state index < -0.39 is 0 Å². The minimum Gasteiger partial charge on any atom is -0.449 e. The molecule has 0 spiro atoms. The Hall–Kier alpha value is -1.75. The number of carbonyl (C=O) groups excluding carboxylic acids is 2. The van der Waals surface area contributed by atoms with Gasteiger partial charge in [0.25, 0.3) is 5.91 Å². The molecular formula is C16H21ClN2O3. The van der Waals surface area contributed by atoms with E-state index in [1.807, 2.05) is 13.8 Å². The average Bonchev–Trinajstić information content (AvgIpc) is 2.53. The van der Waals surface area contributed by atoms with Gasteiger partial charge in [0.2, 0.25) is 0 Å². The maximum absolute atomic E-state index is 12.4. The first-order chi connectivity index (χ1) is 10.5. The smallest absolute Gasteiger partial charge is 0.409 e. The number of benzene rings is 1. The Bertz CT molecular complexity index is 523. The summed E-state index contributed by atoms with van der Waals surface area (Å²) >= 11 is 5.83. The Morgan fingerprint density at radius 2 is 1.64 bits per heavy atom. The third-order valence-electron chi connectivity index (χ3n) is 3.46. The standard InChI is InChI=1S/C16H21ClN2O3/c1-12(2)11-22-16(21)19-9-7-18(8-10-19)15(20)13-3-5-14(17)6-4-13/h3-6,12H,7-11H2,1-2H3. The van der Waals surface area contributed by atoms with Gasteiger partial charge in [-0.1, -0.05) is 25.4 Å². The molecule has 0 saturated carbocycles. The normalized spacial score (nSPS) is 15.1. The summed E-state index contributed by atoms with van der Waals surface area (Å²) in [5, 5.41) is 0.606. The zero-order valence-corrected chi connectivity index (χ0v) is 13.7. The molecule has 1 aromatic rings. The van der Waals surface area contributed by atoms with E-state index in [0.29, 0.717) is 49.3 Å². The first kappa shape index (κ1) is 16.6. The summed E-state index contributed by atoms with van der Waals surface area (Å²) in [6.45, 7) is 6.43. The molecule has 2 amide bonds. The molecule has 0 unspecified atom stereocenters. The van der Waals surface area contributed by atoms with Crippen molar-refractivity contribution in [3.8, 4) is 0 Å². The second kappa shape index (κ2) is 7.49. The lowest BCUT2D eigenvalue weighted by Gasteiger charge is -2.34. The monoisotopic (exact) mass is 324 g/mol. The van der Waals surface area contributed by atoms with Gasteiger partial charge in [-0.25, -0.2) is 4.79 Å². The summed E-state index contributed by atoms with van der Waals surface area (Å²) in [5.74, 6) is 0.281. The fourth-order valence-electron chi connectivity index (χ4n) is 2.20. The third-order valence-corrected chi connectivity index (χ3v) is 3.71. The second-order valence-electron chi connectivity index (χ2n) is 5.76. The van der Waals surface area contributed by atoms with Crippen LogP contribution in [-0.2, 0) is 4.74 Å². The molecule has 1 aliphatic rings. The van der Waals surface area contributed by atoms with Crippen LogP contribution in [0.1, 0.15) is 24.2 Å². The van der Waals surface area contributed by atoms with E-state index in [2.05, 4.69) is 0 Å². The van der Waals surface area contributed by atoms with Crippen LogP contribution in [-0.4, -0.2) is 54.6 Å². The van der Waals surface area contributed by atoms with Crippen LogP contribution in [0.2, 0.25) is 5.02 Å². The molecule has 120 valence electrons. The number of hydrogen-bond donors (Lipinski definition) is 0. The highest BCUT2D eigenvalue weighted by Crippen LogP contribution is 2.13. The Kier molecular flexibility index (Phi) is 5.66. The number of ether oxygens (including phenoxy) is 1. The van der Waals surface area contributed by atoms with Gasteiger partial charge in [0.1, 0.15) is 0 Å². The molecule has 1 saturated heterocycles. The van der Waals surface area contributed by atoms with Crippen molar-refractivity contribution in [3.05, 3.63) is 34.9 Å². The van der Waals surface area contributed by atoms with Crippen molar-refractivity contribution in [3.63, 3.8) is 0 Å². The molecule has 1 aliphatic heterocycles. The summed E-state index contributed by atoms with van der Waals surface area (Å²) in [6.07, 6.45) is -0.299. The zero-order chi connectivity index (χ0) is 16.1. The molecule has 0 aromatic heterocycles. The second-order valence-corrected chi connectivity index (χ2v) is 6.19. The number of nitrogens with zero attached hydrogens (tertiary/aromatic N) is 2. The van der Waals surface area contributed by atoms with E-state index in [-0.39, 0.29) is 12.0 Å². The molecule has 1 fully saturated rings. The predicted molar refractivity (Wildman–Crippen MR) is 85.1 cm³/mol. The molecule has 5 nitrogen and oxygen atoms in total. The van der Waals surface area contributed by atoms with Crippen LogP contribution in [0.4, 0.5) is 4.79 Å². The quantitative estimate of drug-likeness (QED) is 0.859. The summed E-state index contributed by atoms with van der Waals surface area (Å²) in [4.78, 5) is 27.6. The van der Waals surface area contributed by atoms with Crippen LogP contribution in [0.5, 0.6) is 0 Å². The molecule has 22 heavy (non-hydrogen) atoms. The van der Waals surface area contributed by atoms with Crippen molar-refractivity contribution >= 4 is 23.6 Å². The van der Waals surface area contributed by atoms with Gasteiger partial charge in [0, 0.05) is 36.8 Å². The number of piperazine rings is 1. The first-order valence-corrected chi connectivity index (χ1v) is 7.81. The van der Waals surface area contributed by atoms with Gasteiger partial charge in [-0.3, -0.25) is 4.79 Å². The SMILES string of the molecule is CC(C)COC(=O)N1CCN(C(=O)c2ccc(Cl)cc2)CC1. The largest absolute Gasteiger partial charge is 0.449 e. The summed E-state index contributed by atoms with van der Waals surface area (Å²) in [5.41, 5.74) is 0.611. The number of amides is 2. The summed E-state index contributed by atoms with van der Waals surface area (Å²) in [7, 11) is 0. The van der Waals surface area contributed by atoms with Crippen LogP contribution in [0.15, 0.2) is 24.3 Å². The molecule has 2 rings (SSSR count). The molecule has 6 heteroatoms. The lowest BCUT2D eigenvalue weighted by Crippen LogP contribution is -2.50. The van der Waals surface area contributed by atoms with E-state index in [1.54, 1.807) is 34.1 Å². The number of halogens is 1. The van der Waals surface area contributed by atoms with Crippen LogP contribution in [0, 0.1) is 5.92 Å². The Labute approximate surface area is 135 Å². The summed E-state index contributed by atoms with van der Waals surface area (Å²) in [6, 6.07) is 6.84. The fourth-order valence-corrected chi connectivity index (χ4v) is 2.32. The minimum atomic E-state index is -0.299. The van der Waals surface area contributed by atoms with E-state index in [9.17, 15) is 9.59 Å². The predicted octanol–water partition coefficient (Wildman–Crippen LogP) is 2.89. The zero-order valence-electron chi connectivity index (χ0n) is 12.9. The molecule has 1 heterocycles. The number of carbonyl (C=O) groups is 2. The van der Waals surface area contributed by atoms with Gasteiger partial charge in [0.05, 0.1) is 6.61 Å². The van der Waals surface area contributed by atoms with Crippen LogP contribution in [0.3, 0.4) is 0 Å². The molecule has 0 N–H and O–H groups in total. The van der Waals surface area contributed by atoms with Crippen molar-refractivity contribution in [2.45, 2.75) is 13.8 Å². The molecule has 0 atom stereocenters. The van der Waals surface area contributed by atoms with Crippen LogP contribution < -0.4 is 0 Å². The maximum atomic E-state index is 12.4. The first-order valence-electron chi connectivity index (χ1n) is 7.44. The molecule has 0 aliphatic carbocycles. The van der Waals surface area contributed by atoms with E-state index >= 15 is 0 Å². The van der Waals surface area contributed by atoms with Crippen LogP contribution >= 0.6 is 11.6 Å². The highest BCUT2D eigenvalue weighted by Gasteiger charge is 2.25. The number of hydrogen-bond acceptors (Lipinski definition) is 3. The van der Waals surface area contributed by atoms with Crippen molar-refractivity contribution < 1.29 is 14.3 Å². The Balaban J connectivity index is 1.85. The van der Waals surface area contributed by atoms with E-state index in [0.717, 1.165) is 0 Å². The molecular weight excluding hydrogens is 304 g/mol. The summed E-state index contributed by atoms with van der Waals surface area (Å²) < 4.78 is 5.21. The highest BCUT2D eigenvalue weighted by atomic mass is 35.5. The maximum Gasteiger partial charge on any atom is 0.409 e. The fraction of sp³-hybridized carbons (Fsp3) is 0.500. The van der Waals surface area contributed by atoms with Gasteiger partial charge in [-0.05, 0) is 30.2 Å². The van der Waals surface area contributed by atoms with Gasteiger partial charge in [-0.15, -0.1) is 0 Å². The Morgan fingerprint density at radius 3 is 2.18 bits per heavy atom. The van der Waals surface area contributed by atoms with Crippen LogP contribution in [0.25, 0.3) is 0 Å². The van der Waals surface area contributed by atoms with Gasteiger partial charge < -0.3 is 14.5 Å². The van der Waals surface area contributed by atoms with E-state index in [1.165, 1.54) is 0 Å². The lowest BCUT2D eigenvalue weighted by atomic mass is 10.2. The highest BCUT2D eigenvalue weighted by molar-refractivity contribution is 6.30. The van der Waals surface area contributed by atoms with Gasteiger partial charge in [0.15, 0.2) is 0 Å². The molecule has 0 radical (unpaired) electrons. The van der Waals surface area contributed by atoms with E-state index in [4.69, 9.17) is 16.3 Å². The van der Waals surface area contributed by atoms with Crippen molar-refractivity contribution in [1.29, 1.82) is 0 Å². The third kappa shape index (κ3) is 4.37. The minimum absolute atomic E-state index is 0.0353. The molecule has 1 aromatic carbocycles. The van der Waals surface area contributed by atoms with Crippen molar-refractivity contribution in [1.82, 2.24) is 9.80 Å². The average molecular weight is 325 g/mol.